The Labute approximate surface area is 151 Å². The molecular weight excluding hydrogens is 324 g/mol. The van der Waals surface area contributed by atoms with Crippen molar-refractivity contribution in [3.63, 3.8) is 0 Å². The average molecular weight is 344 g/mol. The van der Waals surface area contributed by atoms with E-state index in [1.54, 1.807) is 12.4 Å². The van der Waals surface area contributed by atoms with Crippen LogP contribution in [0.2, 0.25) is 0 Å². The Morgan fingerprint density at radius 1 is 1.08 bits per heavy atom. The first-order valence-electron chi connectivity index (χ1n) is 8.60. The van der Waals surface area contributed by atoms with Gasteiger partial charge in [-0.3, -0.25) is 4.79 Å². The van der Waals surface area contributed by atoms with E-state index in [4.69, 9.17) is 5.73 Å². The molecule has 0 saturated heterocycles. The first-order chi connectivity index (χ1) is 12.6. The van der Waals surface area contributed by atoms with Crippen LogP contribution in [-0.4, -0.2) is 21.3 Å². The van der Waals surface area contributed by atoms with Crippen LogP contribution in [0, 0.1) is 0 Å². The lowest BCUT2D eigenvalue weighted by molar-refractivity contribution is 0.0926. The van der Waals surface area contributed by atoms with Crippen LogP contribution in [0.5, 0.6) is 0 Å². The number of hydrogen-bond donors (Lipinski definition) is 2. The van der Waals surface area contributed by atoms with E-state index in [9.17, 15) is 4.79 Å². The normalized spacial score (nSPS) is 13.6. The lowest BCUT2D eigenvalue weighted by Crippen LogP contribution is -2.39. The number of amides is 1. The van der Waals surface area contributed by atoms with Crippen LogP contribution in [-0.2, 0) is 0 Å². The number of nitrogens with two attached hydrogens (primary N) is 1. The zero-order valence-corrected chi connectivity index (χ0v) is 14.5. The lowest BCUT2D eigenvalue weighted by atomic mass is 9.97. The number of aromatic nitrogens is 2. The Bertz CT molecular complexity index is 1080. The largest absolute Gasteiger partial charge is 0.342 e. The highest BCUT2D eigenvalue weighted by Gasteiger charge is 2.20. The molecule has 2 atom stereocenters. The average Bonchev–Trinajstić information content (AvgIpc) is 3.13. The molecule has 0 aliphatic rings. The molecule has 2 unspecified atom stereocenters. The minimum Gasteiger partial charge on any atom is -0.342 e. The molecule has 0 saturated carbocycles. The second kappa shape index (κ2) is 6.61. The van der Waals surface area contributed by atoms with Gasteiger partial charge in [0.1, 0.15) is 5.69 Å². The minimum absolute atomic E-state index is 0.232. The van der Waals surface area contributed by atoms with Gasteiger partial charge in [0.2, 0.25) is 0 Å². The van der Waals surface area contributed by atoms with Gasteiger partial charge in [-0.25, -0.2) is 4.98 Å². The summed E-state index contributed by atoms with van der Waals surface area (Å²) in [5.74, 6) is -0.232. The predicted molar refractivity (Wildman–Crippen MR) is 103 cm³/mol. The van der Waals surface area contributed by atoms with Gasteiger partial charge in [0.05, 0.1) is 12.4 Å². The number of hydrogen-bond acceptors (Lipinski definition) is 3. The molecule has 0 spiro atoms. The van der Waals surface area contributed by atoms with E-state index in [1.807, 2.05) is 47.9 Å². The van der Waals surface area contributed by atoms with Gasteiger partial charge >= 0.3 is 0 Å². The van der Waals surface area contributed by atoms with Gasteiger partial charge < -0.3 is 15.5 Å². The molecule has 0 aliphatic heterocycles. The van der Waals surface area contributed by atoms with Crippen LogP contribution in [0.4, 0.5) is 0 Å². The van der Waals surface area contributed by atoms with Crippen molar-refractivity contribution in [3.05, 3.63) is 84.4 Å². The molecule has 2 aromatic carbocycles. The molecule has 26 heavy (non-hydrogen) atoms. The van der Waals surface area contributed by atoms with Gasteiger partial charge in [0, 0.05) is 17.8 Å². The summed E-state index contributed by atoms with van der Waals surface area (Å²) in [4.78, 5) is 17.0. The maximum atomic E-state index is 12.7. The van der Waals surface area contributed by atoms with Crippen molar-refractivity contribution in [2.24, 2.45) is 5.73 Å². The highest BCUT2D eigenvalue weighted by Crippen LogP contribution is 2.22. The SMILES string of the molecule is CC(N)C(NC(=O)c1cc2cccn2cn1)c1ccc2ccccc2c1. The summed E-state index contributed by atoms with van der Waals surface area (Å²) < 4.78 is 1.86. The van der Waals surface area contributed by atoms with Crippen LogP contribution >= 0.6 is 0 Å². The molecule has 4 aromatic rings. The van der Waals surface area contributed by atoms with Crippen molar-refractivity contribution in [3.8, 4) is 0 Å². The Morgan fingerprint density at radius 3 is 2.69 bits per heavy atom. The van der Waals surface area contributed by atoms with Crippen LogP contribution in [0.25, 0.3) is 16.3 Å². The van der Waals surface area contributed by atoms with E-state index in [2.05, 4.69) is 34.6 Å². The lowest BCUT2D eigenvalue weighted by Gasteiger charge is -2.23. The van der Waals surface area contributed by atoms with Crippen LogP contribution in [0.15, 0.2) is 73.2 Å². The van der Waals surface area contributed by atoms with Crippen molar-refractivity contribution in [2.45, 2.75) is 19.0 Å². The monoisotopic (exact) mass is 344 g/mol. The second-order valence-electron chi connectivity index (χ2n) is 6.53. The topological polar surface area (TPSA) is 72.4 Å². The number of carbonyl (C=O) groups is 1. The van der Waals surface area contributed by atoms with Crippen molar-refractivity contribution in [2.75, 3.05) is 0 Å². The van der Waals surface area contributed by atoms with Crippen molar-refractivity contribution >= 4 is 22.2 Å². The third-order valence-corrected chi connectivity index (χ3v) is 4.60. The molecular formula is C21H20N4O. The van der Waals surface area contributed by atoms with E-state index in [0.717, 1.165) is 21.9 Å². The maximum Gasteiger partial charge on any atom is 0.270 e. The Hall–Kier alpha value is -3.18. The zero-order valence-electron chi connectivity index (χ0n) is 14.5. The highest BCUT2D eigenvalue weighted by molar-refractivity contribution is 5.93. The molecule has 3 N–H and O–H groups in total. The molecule has 4 rings (SSSR count). The predicted octanol–water partition coefficient (Wildman–Crippen LogP) is 3.31. The van der Waals surface area contributed by atoms with E-state index in [0.29, 0.717) is 5.69 Å². The smallest absolute Gasteiger partial charge is 0.270 e. The van der Waals surface area contributed by atoms with E-state index in [-0.39, 0.29) is 18.0 Å². The van der Waals surface area contributed by atoms with Gasteiger partial charge in [-0.05, 0) is 47.5 Å². The molecule has 0 radical (unpaired) electrons. The first-order valence-corrected chi connectivity index (χ1v) is 8.60. The van der Waals surface area contributed by atoms with Crippen LogP contribution in [0.3, 0.4) is 0 Å². The summed E-state index contributed by atoms with van der Waals surface area (Å²) in [6, 6.07) is 19.4. The van der Waals surface area contributed by atoms with Gasteiger partial charge in [-0.2, -0.15) is 0 Å². The quantitative estimate of drug-likeness (QED) is 0.596. The first kappa shape index (κ1) is 16.3. The van der Waals surface area contributed by atoms with Crippen molar-refractivity contribution in [1.82, 2.24) is 14.7 Å². The number of fused-ring (bicyclic) bond motifs is 2. The number of rotatable bonds is 4. The summed E-state index contributed by atoms with van der Waals surface area (Å²) in [7, 11) is 0. The molecule has 0 aliphatic carbocycles. The second-order valence-corrected chi connectivity index (χ2v) is 6.53. The van der Waals surface area contributed by atoms with Gasteiger partial charge in [-0.15, -0.1) is 0 Å². The van der Waals surface area contributed by atoms with Gasteiger partial charge in [-0.1, -0.05) is 36.4 Å². The number of benzene rings is 2. The third kappa shape index (κ3) is 3.05. The fourth-order valence-corrected chi connectivity index (χ4v) is 3.19. The molecule has 130 valence electrons. The fourth-order valence-electron chi connectivity index (χ4n) is 3.19. The van der Waals surface area contributed by atoms with Crippen molar-refractivity contribution < 1.29 is 4.79 Å². The Balaban J connectivity index is 1.64. The molecule has 2 heterocycles. The molecule has 5 nitrogen and oxygen atoms in total. The molecule has 0 bridgehead atoms. The fraction of sp³-hybridized carbons (Fsp3) is 0.143. The summed E-state index contributed by atoms with van der Waals surface area (Å²) in [6.45, 7) is 1.89. The molecule has 1 amide bonds. The van der Waals surface area contributed by atoms with Gasteiger partial charge in [0.25, 0.3) is 5.91 Å². The van der Waals surface area contributed by atoms with Gasteiger partial charge in [0.15, 0.2) is 0 Å². The summed E-state index contributed by atoms with van der Waals surface area (Å²) in [5, 5.41) is 5.32. The van der Waals surface area contributed by atoms with Crippen molar-refractivity contribution in [1.29, 1.82) is 0 Å². The zero-order chi connectivity index (χ0) is 18.1. The molecule has 0 fully saturated rings. The number of nitrogens with one attached hydrogen (secondary N) is 1. The van der Waals surface area contributed by atoms with Crippen LogP contribution < -0.4 is 11.1 Å². The summed E-state index contributed by atoms with van der Waals surface area (Å²) >= 11 is 0. The number of nitrogens with zero attached hydrogens (tertiary/aromatic N) is 2. The minimum atomic E-state index is -0.295. The van der Waals surface area contributed by atoms with E-state index >= 15 is 0 Å². The third-order valence-electron chi connectivity index (χ3n) is 4.60. The molecule has 5 heteroatoms. The standard InChI is InChI=1S/C21H20N4O/c1-14(22)20(17-9-8-15-5-2-3-6-16(15)11-17)24-21(26)19-12-18-7-4-10-25(18)13-23-19/h2-14,20H,22H2,1H3,(H,24,26). The molecule has 2 aromatic heterocycles. The van der Waals surface area contributed by atoms with E-state index in [1.165, 1.54) is 0 Å². The van der Waals surface area contributed by atoms with E-state index < -0.39 is 0 Å². The summed E-state index contributed by atoms with van der Waals surface area (Å²) in [6.07, 6.45) is 3.53. The Morgan fingerprint density at radius 2 is 1.88 bits per heavy atom. The maximum absolute atomic E-state index is 12.7. The Kier molecular flexibility index (Phi) is 4.14. The highest BCUT2D eigenvalue weighted by atomic mass is 16.1. The summed E-state index contributed by atoms with van der Waals surface area (Å²) in [5.41, 5.74) is 8.46. The van der Waals surface area contributed by atoms with Crippen LogP contribution in [0.1, 0.15) is 29.0 Å². The number of carbonyl (C=O) groups excluding carboxylic acids is 1.